The molecule has 1 amide bonds. The molecule has 1 aromatic carbocycles. The number of anilines is 2. The van der Waals surface area contributed by atoms with Crippen molar-refractivity contribution in [3.8, 4) is 0 Å². The SMILES string of the molecule is Nc1nc2ncc(CNc3ccc(C(=O)NC(CC([Se])C(=O)O)C(=O)O)cc3)nc2c(=O)[nH]1. The Kier molecular flexibility index (Phi) is 7.20. The van der Waals surface area contributed by atoms with Gasteiger partial charge in [-0.1, -0.05) is 0 Å². The summed E-state index contributed by atoms with van der Waals surface area (Å²) in [5.74, 6) is -3.25. The molecule has 171 valence electrons. The van der Waals surface area contributed by atoms with Gasteiger partial charge in [0.2, 0.25) is 5.95 Å². The normalized spacial score (nSPS) is 12.6. The number of carbonyl (C=O) groups is 3. The van der Waals surface area contributed by atoms with E-state index in [1.807, 2.05) is 0 Å². The molecule has 2 heterocycles. The van der Waals surface area contributed by atoms with Gasteiger partial charge in [0.05, 0.1) is 6.20 Å². The van der Waals surface area contributed by atoms with Gasteiger partial charge in [0.15, 0.2) is 11.2 Å². The van der Waals surface area contributed by atoms with Crippen molar-refractivity contribution >= 4 is 56.7 Å². The number of rotatable bonds is 9. The molecule has 0 fully saturated rings. The Morgan fingerprint density at radius 3 is 2.45 bits per heavy atom. The quantitative estimate of drug-likeness (QED) is 0.199. The van der Waals surface area contributed by atoms with Crippen LogP contribution in [0, 0.1) is 0 Å². The van der Waals surface area contributed by atoms with Crippen molar-refractivity contribution in [2.75, 3.05) is 11.1 Å². The predicted molar refractivity (Wildman–Crippen MR) is 117 cm³/mol. The van der Waals surface area contributed by atoms with Crippen LogP contribution >= 0.6 is 0 Å². The van der Waals surface area contributed by atoms with E-state index in [4.69, 9.17) is 10.8 Å². The maximum Gasteiger partial charge on any atom is 0.280 e. The number of fused-ring (bicyclic) bond motifs is 1. The summed E-state index contributed by atoms with van der Waals surface area (Å²) in [5, 5.41) is 23.6. The minimum absolute atomic E-state index is 0.0540. The van der Waals surface area contributed by atoms with Gasteiger partial charge in [-0.25, -0.2) is 9.97 Å². The number of benzene rings is 1. The van der Waals surface area contributed by atoms with Gasteiger partial charge >= 0.3 is 134 Å². The van der Waals surface area contributed by atoms with Crippen LogP contribution in [0.15, 0.2) is 35.3 Å². The van der Waals surface area contributed by atoms with Crippen LogP contribution in [0.4, 0.5) is 11.6 Å². The van der Waals surface area contributed by atoms with E-state index in [1.54, 1.807) is 12.1 Å². The van der Waals surface area contributed by atoms with Gasteiger partial charge in [-0.2, -0.15) is 4.98 Å². The molecule has 0 bridgehead atoms. The third-order valence-corrected chi connectivity index (χ3v) is 5.26. The minimum Gasteiger partial charge on any atom is -0.291 e. The molecular weight excluding hydrogens is 501 g/mol. The molecule has 0 saturated heterocycles. The Morgan fingerprint density at radius 2 is 1.82 bits per heavy atom. The largest absolute Gasteiger partial charge is 0.291 e. The number of carbonyl (C=O) groups excluding carboxylic acids is 1. The first-order valence-electron chi connectivity index (χ1n) is 9.41. The van der Waals surface area contributed by atoms with E-state index in [2.05, 4.69) is 46.6 Å². The van der Waals surface area contributed by atoms with E-state index in [-0.39, 0.29) is 35.6 Å². The van der Waals surface area contributed by atoms with Gasteiger partial charge in [0, 0.05) is 0 Å². The summed E-state index contributed by atoms with van der Waals surface area (Å²) >= 11 is 2.37. The fourth-order valence-corrected chi connectivity index (χ4v) is 3.17. The second-order valence-corrected chi connectivity index (χ2v) is 8.04. The molecule has 2 unspecified atom stereocenters. The number of hydrogen-bond acceptors (Lipinski definition) is 9. The Hall–Kier alpha value is -4.03. The maximum atomic E-state index is 12.4. The molecule has 3 rings (SSSR count). The van der Waals surface area contributed by atoms with Crippen molar-refractivity contribution in [3.05, 3.63) is 52.1 Å². The molecule has 0 aliphatic rings. The number of nitrogens with zero attached hydrogens (tertiary/aromatic N) is 3. The third-order valence-electron chi connectivity index (χ3n) is 4.44. The smallest absolute Gasteiger partial charge is 0.280 e. The molecule has 0 spiro atoms. The maximum absolute atomic E-state index is 12.4. The van der Waals surface area contributed by atoms with Gasteiger partial charge in [0.25, 0.3) is 5.56 Å². The molecule has 2 atom stereocenters. The third kappa shape index (κ3) is 6.02. The molecule has 14 heteroatoms. The van der Waals surface area contributed by atoms with Crippen LogP contribution in [0.1, 0.15) is 22.5 Å². The molecule has 0 aliphatic carbocycles. The number of hydrogen-bond donors (Lipinski definition) is 6. The van der Waals surface area contributed by atoms with Crippen molar-refractivity contribution in [2.45, 2.75) is 23.8 Å². The summed E-state index contributed by atoms with van der Waals surface area (Å²) in [5.41, 5.74) is 6.45. The van der Waals surface area contributed by atoms with Gasteiger partial charge in [0.1, 0.15) is 0 Å². The molecule has 0 aliphatic heterocycles. The number of nitrogens with one attached hydrogen (secondary N) is 3. The van der Waals surface area contributed by atoms with E-state index in [1.165, 1.54) is 18.3 Å². The first-order valence-corrected chi connectivity index (χ1v) is 10.4. The summed E-state index contributed by atoms with van der Waals surface area (Å²) in [6, 6.07) is 4.79. The van der Waals surface area contributed by atoms with Crippen molar-refractivity contribution < 1.29 is 24.6 Å². The number of carboxylic acid groups (broad SMARTS) is 2. The van der Waals surface area contributed by atoms with Crippen LogP contribution in [-0.2, 0) is 16.1 Å². The summed E-state index contributed by atoms with van der Waals surface area (Å²) in [7, 11) is 0. The van der Waals surface area contributed by atoms with Crippen LogP contribution in [-0.4, -0.2) is 70.0 Å². The summed E-state index contributed by atoms with van der Waals surface area (Å²) in [6.07, 6.45) is 1.15. The summed E-state index contributed by atoms with van der Waals surface area (Å²) < 4.78 is 0. The Morgan fingerprint density at radius 1 is 1.12 bits per heavy atom. The zero-order valence-electron chi connectivity index (χ0n) is 16.8. The van der Waals surface area contributed by atoms with Crippen LogP contribution in [0.5, 0.6) is 0 Å². The van der Waals surface area contributed by atoms with E-state index >= 15 is 0 Å². The first-order chi connectivity index (χ1) is 15.6. The van der Waals surface area contributed by atoms with Gasteiger partial charge < -0.3 is 5.73 Å². The zero-order chi connectivity index (χ0) is 24.1. The fraction of sp³-hybridized carbons (Fsp3) is 0.211. The number of aromatic amines is 1. The van der Waals surface area contributed by atoms with E-state index in [0.29, 0.717) is 11.4 Å². The molecule has 7 N–H and O–H groups in total. The molecule has 3 aromatic rings. The molecule has 0 saturated carbocycles. The van der Waals surface area contributed by atoms with Crippen LogP contribution in [0.3, 0.4) is 0 Å². The summed E-state index contributed by atoms with van der Waals surface area (Å²) in [6.45, 7) is 0.225. The number of H-pyrrole nitrogens is 1. The standard InChI is InChI=1S/C19H18N7O6Se/c20-19-25-14-13(16(28)26-19)23-10(7-22-14)6-21-9-3-1-8(2-4-9)15(27)24-11(17(29)30)5-12(33)18(31)32/h1-4,7,11-12,21H,5-6H2,(H,24,27)(H,29,30)(H,31,32)(H3,20,22,25,26,28). The fourth-order valence-electron chi connectivity index (χ4n) is 2.77. The molecule has 13 nitrogen and oxygen atoms in total. The summed E-state index contributed by atoms with van der Waals surface area (Å²) in [4.78, 5) is 60.1. The first kappa shape index (κ1) is 23.6. The minimum atomic E-state index is -1.36. The zero-order valence-corrected chi connectivity index (χ0v) is 18.5. The average Bonchev–Trinajstić information content (AvgIpc) is 2.77. The average molecular weight is 519 g/mol. The predicted octanol–water partition coefficient (Wildman–Crippen LogP) is -0.478. The molecule has 2 aromatic heterocycles. The van der Waals surface area contributed by atoms with Crippen LogP contribution < -0.4 is 21.9 Å². The van der Waals surface area contributed by atoms with Crippen molar-refractivity contribution in [2.24, 2.45) is 0 Å². The Balaban J connectivity index is 1.63. The van der Waals surface area contributed by atoms with E-state index in [9.17, 15) is 24.3 Å². The number of amides is 1. The van der Waals surface area contributed by atoms with E-state index in [0.717, 1.165) is 0 Å². The number of aliphatic carboxylic acids is 2. The van der Waals surface area contributed by atoms with Gasteiger partial charge in [-0.05, 0) is 0 Å². The number of nitrogen functional groups attached to an aromatic ring is 1. The van der Waals surface area contributed by atoms with Gasteiger partial charge in [-0.15, -0.1) is 0 Å². The second kappa shape index (κ2) is 10.1. The number of carboxylic acids is 2. The Labute approximate surface area is 193 Å². The van der Waals surface area contributed by atoms with Crippen molar-refractivity contribution in [1.82, 2.24) is 25.3 Å². The Bertz CT molecular complexity index is 1260. The monoisotopic (exact) mass is 520 g/mol. The topological polar surface area (TPSA) is 213 Å². The van der Waals surface area contributed by atoms with Crippen molar-refractivity contribution in [1.29, 1.82) is 0 Å². The molecular formula is C19H18N7O6Se. The van der Waals surface area contributed by atoms with Gasteiger partial charge in [-0.3, -0.25) is 9.78 Å². The number of nitrogens with two attached hydrogens (primary N) is 1. The second-order valence-electron chi connectivity index (χ2n) is 6.84. The molecule has 1 radical (unpaired) electrons. The molecule has 33 heavy (non-hydrogen) atoms. The van der Waals surface area contributed by atoms with Crippen molar-refractivity contribution in [3.63, 3.8) is 0 Å². The number of aromatic nitrogens is 4. The van der Waals surface area contributed by atoms with Crippen LogP contribution in [0.2, 0.25) is 4.82 Å². The van der Waals surface area contributed by atoms with E-state index < -0.39 is 34.3 Å². The van der Waals surface area contributed by atoms with Crippen LogP contribution in [0.25, 0.3) is 11.2 Å².